The summed E-state index contributed by atoms with van der Waals surface area (Å²) in [5.41, 5.74) is 7.50. The second-order valence-electron chi connectivity index (χ2n) is 5.06. The number of nitrogens with two attached hydrogens (primary N) is 1. The van der Waals surface area contributed by atoms with Crippen LogP contribution in [0.2, 0.25) is 0 Å². The Balaban J connectivity index is 0.000000636. The normalized spacial score (nSPS) is 15.0. The molecular weight excluding hydrogens is 258 g/mol. The summed E-state index contributed by atoms with van der Waals surface area (Å²) in [7, 11) is 2.12. The summed E-state index contributed by atoms with van der Waals surface area (Å²) in [6, 6.07) is 16.8. The lowest BCUT2D eigenvalue weighted by atomic mass is 10.0. The minimum Gasteiger partial charge on any atom is -0.340 e. The molecule has 2 aromatic carbocycles. The quantitative estimate of drug-likeness (QED) is 0.747. The van der Waals surface area contributed by atoms with E-state index in [1.54, 1.807) is 0 Å². The highest BCUT2D eigenvalue weighted by atomic mass is 15.4. The van der Waals surface area contributed by atoms with Gasteiger partial charge in [0.05, 0.1) is 23.6 Å². The fourth-order valence-corrected chi connectivity index (χ4v) is 2.94. The van der Waals surface area contributed by atoms with Gasteiger partial charge in [-0.1, -0.05) is 56.3 Å². The van der Waals surface area contributed by atoms with Crippen molar-refractivity contribution < 1.29 is 0 Å². The van der Waals surface area contributed by atoms with Gasteiger partial charge in [-0.25, -0.2) is 5.84 Å². The molecule has 0 saturated heterocycles. The van der Waals surface area contributed by atoms with Crippen molar-refractivity contribution in [3.8, 4) is 0 Å². The molecule has 0 amide bonds. The lowest BCUT2D eigenvalue weighted by Crippen LogP contribution is -2.31. The van der Waals surface area contributed by atoms with Crippen molar-refractivity contribution in [1.29, 1.82) is 0 Å². The van der Waals surface area contributed by atoms with E-state index in [-0.39, 0.29) is 0 Å². The maximum atomic E-state index is 6.25. The minimum absolute atomic E-state index is 0.734. The van der Waals surface area contributed by atoms with Gasteiger partial charge in [0.1, 0.15) is 0 Å². The summed E-state index contributed by atoms with van der Waals surface area (Å²) in [4.78, 5) is 2.25. The molecule has 4 rings (SSSR count). The molecule has 3 heteroatoms. The van der Waals surface area contributed by atoms with Gasteiger partial charge in [0, 0.05) is 18.2 Å². The van der Waals surface area contributed by atoms with Crippen LogP contribution in [0.4, 0.5) is 5.69 Å². The van der Waals surface area contributed by atoms with Crippen molar-refractivity contribution in [3.63, 3.8) is 0 Å². The van der Waals surface area contributed by atoms with Crippen LogP contribution in [0.5, 0.6) is 0 Å². The van der Waals surface area contributed by atoms with E-state index in [2.05, 4.69) is 54.4 Å². The molecule has 0 spiro atoms. The molecule has 0 aliphatic carbocycles. The van der Waals surface area contributed by atoms with Crippen LogP contribution < -0.4 is 10.9 Å². The van der Waals surface area contributed by atoms with Gasteiger partial charge < -0.3 is 9.91 Å². The summed E-state index contributed by atoms with van der Waals surface area (Å²) < 4.78 is 0. The summed E-state index contributed by atoms with van der Waals surface area (Å²) >= 11 is 0. The molecule has 0 saturated carbocycles. The molecule has 3 nitrogen and oxygen atoms in total. The van der Waals surface area contributed by atoms with Crippen molar-refractivity contribution in [1.82, 2.24) is 4.90 Å². The van der Waals surface area contributed by atoms with Gasteiger partial charge >= 0.3 is 0 Å². The number of hydrogen-bond acceptors (Lipinski definition) is 3. The molecule has 2 N–H and O–H groups in total. The second-order valence-corrected chi connectivity index (χ2v) is 5.06. The third-order valence-electron chi connectivity index (χ3n) is 3.93. The lowest BCUT2D eigenvalue weighted by molar-refractivity contribution is 0.795. The van der Waals surface area contributed by atoms with E-state index < -0.39 is 0 Å². The fourth-order valence-electron chi connectivity index (χ4n) is 2.94. The molecule has 108 valence electrons. The average molecular weight is 279 g/mol. The molecule has 0 radical (unpaired) electrons. The first-order valence-electron chi connectivity index (χ1n) is 7.45. The van der Waals surface area contributed by atoms with E-state index >= 15 is 0 Å². The first kappa shape index (κ1) is 13.7. The van der Waals surface area contributed by atoms with Crippen LogP contribution in [0.3, 0.4) is 0 Å². The highest BCUT2D eigenvalue weighted by Gasteiger charge is 2.36. The Kier molecular flexibility index (Phi) is 3.43. The molecule has 0 bridgehead atoms. The summed E-state index contributed by atoms with van der Waals surface area (Å²) in [5.74, 6) is 6.25. The van der Waals surface area contributed by atoms with Crippen molar-refractivity contribution in [2.45, 2.75) is 20.4 Å². The second kappa shape index (κ2) is 5.26. The maximum Gasteiger partial charge on any atom is 0.0751 e. The predicted octanol–water partition coefficient (Wildman–Crippen LogP) is 3.68. The zero-order chi connectivity index (χ0) is 15.0. The maximum absolute atomic E-state index is 6.25. The standard InChI is InChI=1S/C16H15N3.C2H6/c1-18-15-12-7-3-2-6-11(12)10-19(17)14-9-5-4-8-13(14)16(15)18;1-2/h2-9H,10,17H2,1H3;1-2H3. The Bertz CT molecular complexity index is 703. The number of nitrogens with zero attached hydrogens (tertiary/aromatic N) is 2. The molecule has 2 aliphatic rings. The molecule has 0 fully saturated rings. The van der Waals surface area contributed by atoms with Crippen molar-refractivity contribution >= 4 is 17.1 Å². The third kappa shape index (κ3) is 2.10. The van der Waals surface area contributed by atoms with Gasteiger partial charge in [0.2, 0.25) is 0 Å². The monoisotopic (exact) mass is 279 g/mol. The number of para-hydroxylation sites is 1. The Hall–Kier alpha value is -2.26. The van der Waals surface area contributed by atoms with Crippen LogP contribution >= 0.6 is 0 Å². The van der Waals surface area contributed by atoms with Crippen LogP contribution in [-0.2, 0) is 6.54 Å². The number of hydrazine groups is 1. The first-order chi connectivity index (χ1) is 10.3. The molecule has 2 heterocycles. The van der Waals surface area contributed by atoms with Crippen LogP contribution in [0, 0.1) is 0 Å². The van der Waals surface area contributed by atoms with Gasteiger partial charge in [-0.3, -0.25) is 0 Å². The van der Waals surface area contributed by atoms with E-state index in [1.807, 2.05) is 24.9 Å². The molecule has 0 aromatic heterocycles. The molecule has 0 unspecified atom stereocenters. The van der Waals surface area contributed by atoms with E-state index in [9.17, 15) is 0 Å². The van der Waals surface area contributed by atoms with E-state index in [0.29, 0.717) is 0 Å². The number of fused-ring (bicyclic) bond motifs is 4. The van der Waals surface area contributed by atoms with Gasteiger partial charge in [-0.2, -0.15) is 0 Å². The number of anilines is 1. The Morgan fingerprint density at radius 3 is 2.19 bits per heavy atom. The SMILES string of the molecule is CC.CN1C2=C1c1ccccc1N(N)Cc1ccccc12. The Morgan fingerprint density at radius 2 is 1.43 bits per heavy atom. The van der Waals surface area contributed by atoms with E-state index in [4.69, 9.17) is 5.84 Å². The van der Waals surface area contributed by atoms with E-state index in [0.717, 1.165) is 12.2 Å². The zero-order valence-electron chi connectivity index (χ0n) is 12.8. The van der Waals surface area contributed by atoms with Gasteiger partial charge in [-0.05, 0) is 11.6 Å². The topological polar surface area (TPSA) is 32.3 Å². The number of benzene rings is 2. The van der Waals surface area contributed by atoms with Crippen molar-refractivity contribution in [2.75, 3.05) is 12.1 Å². The van der Waals surface area contributed by atoms with Crippen molar-refractivity contribution in [2.24, 2.45) is 5.84 Å². The average Bonchev–Trinajstić information content (AvgIpc) is 3.19. The summed E-state index contributed by atoms with van der Waals surface area (Å²) in [6.07, 6.45) is 0. The first-order valence-corrected chi connectivity index (χ1v) is 7.45. The predicted molar refractivity (Wildman–Crippen MR) is 89.2 cm³/mol. The van der Waals surface area contributed by atoms with Gasteiger partial charge in [-0.15, -0.1) is 0 Å². The molecule has 2 aliphatic heterocycles. The summed E-state index contributed by atoms with van der Waals surface area (Å²) in [6.45, 7) is 4.73. The van der Waals surface area contributed by atoms with E-state index in [1.165, 1.54) is 28.1 Å². The minimum atomic E-state index is 0.734. The molecule has 2 aromatic rings. The van der Waals surface area contributed by atoms with Crippen molar-refractivity contribution in [3.05, 3.63) is 65.2 Å². The van der Waals surface area contributed by atoms with Crippen LogP contribution in [0.15, 0.2) is 48.5 Å². The highest BCUT2D eigenvalue weighted by molar-refractivity contribution is 6.07. The Labute approximate surface area is 126 Å². The molecule has 21 heavy (non-hydrogen) atoms. The lowest BCUT2D eigenvalue weighted by Gasteiger charge is -2.22. The zero-order valence-corrected chi connectivity index (χ0v) is 12.8. The third-order valence-corrected chi connectivity index (χ3v) is 3.93. The largest absolute Gasteiger partial charge is 0.340 e. The summed E-state index contributed by atoms with van der Waals surface area (Å²) in [5, 5.41) is 1.84. The fraction of sp³-hybridized carbons (Fsp3) is 0.222. The molecular formula is C18H21N3. The van der Waals surface area contributed by atoms with Crippen LogP contribution in [0.1, 0.15) is 30.5 Å². The highest BCUT2D eigenvalue weighted by Crippen LogP contribution is 2.50. The Morgan fingerprint density at radius 1 is 0.857 bits per heavy atom. The van der Waals surface area contributed by atoms with Crippen LogP contribution in [-0.4, -0.2) is 11.9 Å². The van der Waals surface area contributed by atoms with Crippen LogP contribution in [0.25, 0.3) is 11.4 Å². The smallest absolute Gasteiger partial charge is 0.0751 e. The number of hydrogen-bond donors (Lipinski definition) is 1. The number of rotatable bonds is 0. The van der Waals surface area contributed by atoms with Gasteiger partial charge in [0.25, 0.3) is 0 Å². The molecule has 0 atom stereocenters. The van der Waals surface area contributed by atoms with Gasteiger partial charge in [0.15, 0.2) is 0 Å².